The number of nitriles is 1. The van der Waals surface area contributed by atoms with Gasteiger partial charge in [0.2, 0.25) is 5.88 Å². The maximum absolute atomic E-state index is 14.7. The van der Waals surface area contributed by atoms with Gasteiger partial charge in [0.05, 0.1) is 10.9 Å². The molecule has 4 aromatic rings. The van der Waals surface area contributed by atoms with E-state index in [9.17, 15) is 22.8 Å². The van der Waals surface area contributed by atoms with Gasteiger partial charge in [-0.2, -0.15) is 23.4 Å². The zero-order valence-corrected chi connectivity index (χ0v) is 17.1. The number of pyridine rings is 1. The summed E-state index contributed by atoms with van der Waals surface area (Å²) in [7, 11) is 3.06. The molecule has 0 N–H and O–H groups in total. The first kappa shape index (κ1) is 21.2. The lowest BCUT2D eigenvalue weighted by atomic mass is 10.2. The molecule has 0 fully saturated rings. The van der Waals surface area contributed by atoms with Crippen LogP contribution in [0.1, 0.15) is 22.6 Å². The van der Waals surface area contributed by atoms with Crippen LogP contribution in [-0.2, 0) is 26.9 Å². The van der Waals surface area contributed by atoms with E-state index in [0.717, 1.165) is 16.8 Å². The van der Waals surface area contributed by atoms with Crippen molar-refractivity contribution in [3.8, 4) is 23.5 Å². The minimum atomic E-state index is -4.65. The van der Waals surface area contributed by atoms with Gasteiger partial charge in [-0.3, -0.25) is 0 Å². The van der Waals surface area contributed by atoms with E-state index in [-0.39, 0.29) is 24.0 Å². The second kappa shape index (κ2) is 7.60. The minimum absolute atomic E-state index is 0.135. The summed E-state index contributed by atoms with van der Waals surface area (Å²) in [5.41, 5.74) is -0.300. The molecule has 0 unspecified atom stereocenters. The Kier molecular flexibility index (Phi) is 5.04. The Morgan fingerprint density at radius 1 is 1.12 bits per heavy atom. The quantitative estimate of drug-likeness (QED) is 0.445. The Labute approximate surface area is 178 Å². The molecule has 0 atom stereocenters. The average molecular weight is 445 g/mol. The van der Waals surface area contributed by atoms with Gasteiger partial charge >= 0.3 is 6.18 Å². The molecule has 4 rings (SSSR count). The SMILES string of the molecule is Cc1nc(OCc2cnc(-c3nc(C(F)(F)F)cn3C)c(F)c2)c2c(C#N)cn(C)c2n1. The Balaban J connectivity index is 1.63. The molecule has 12 heteroatoms. The number of aromatic nitrogens is 6. The minimum Gasteiger partial charge on any atom is -0.472 e. The van der Waals surface area contributed by atoms with Gasteiger partial charge in [-0.05, 0) is 13.0 Å². The predicted octanol–water partition coefficient (Wildman–Crippen LogP) is 3.68. The zero-order valence-electron chi connectivity index (χ0n) is 17.1. The van der Waals surface area contributed by atoms with Gasteiger partial charge in [-0.1, -0.05) is 0 Å². The summed E-state index contributed by atoms with van der Waals surface area (Å²) in [5.74, 6) is -0.519. The molecule has 0 saturated heterocycles. The maximum atomic E-state index is 14.7. The molecule has 0 spiro atoms. The molecule has 0 bridgehead atoms. The maximum Gasteiger partial charge on any atom is 0.434 e. The summed E-state index contributed by atoms with van der Waals surface area (Å²) < 4.78 is 61.8. The summed E-state index contributed by atoms with van der Waals surface area (Å²) in [5, 5.41) is 9.79. The van der Waals surface area contributed by atoms with Crippen molar-refractivity contribution in [2.24, 2.45) is 14.1 Å². The van der Waals surface area contributed by atoms with Crippen molar-refractivity contribution in [1.29, 1.82) is 5.26 Å². The van der Waals surface area contributed by atoms with Crippen LogP contribution in [0.4, 0.5) is 17.6 Å². The normalized spacial score (nSPS) is 11.7. The summed E-state index contributed by atoms with van der Waals surface area (Å²) in [6.07, 6.45) is -1.00. The van der Waals surface area contributed by atoms with Gasteiger partial charge in [0.25, 0.3) is 0 Å². The monoisotopic (exact) mass is 445 g/mol. The van der Waals surface area contributed by atoms with Crippen molar-refractivity contribution in [3.05, 3.63) is 53.1 Å². The molecule has 0 aromatic carbocycles. The number of fused-ring (bicyclic) bond motifs is 1. The first-order valence-corrected chi connectivity index (χ1v) is 9.20. The number of aryl methyl sites for hydroxylation is 3. The fourth-order valence-electron chi connectivity index (χ4n) is 3.23. The van der Waals surface area contributed by atoms with Gasteiger partial charge in [0.1, 0.15) is 29.8 Å². The topological polar surface area (TPSA) is 94.4 Å². The molecular weight excluding hydrogens is 430 g/mol. The van der Waals surface area contributed by atoms with Crippen LogP contribution < -0.4 is 4.74 Å². The molecule has 0 aliphatic carbocycles. The molecule has 0 aliphatic heterocycles. The predicted molar refractivity (Wildman–Crippen MR) is 104 cm³/mol. The molecule has 0 amide bonds. The standard InChI is InChI=1S/C20H15F4N7O/c1-10-27-17-15(12(5-25)7-30(17)2)19(28-10)32-9-11-4-13(21)16(26-6-11)18-29-14(8-31(18)3)20(22,23)24/h4,6-8H,9H2,1-3H3. The van der Waals surface area contributed by atoms with Crippen LogP contribution in [0, 0.1) is 24.1 Å². The Morgan fingerprint density at radius 3 is 2.50 bits per heavy atom. The van der Waals surface area contributed by atoms with Crippen LogP contribution in [-0.4, -0.2) is 29.1 Å². The van der Waals surface area contributed by atoms with Crippen LogP contribution >= 0.6 is 0 Å². The summed E-state index contributed by atoms with van der Waals surface area (Å²) in [6.45, 7) is 1.54. The van der Waals surface area contributed by atoms with Gasteiger partial charge in [0.15, 0.2) is 17.3 Å². The van der Waals surface area contributed by atoms with Gasteiger partial charge in [0, 0.05) is 38.2 Å². The van der Waals surface area contributed by atoms with Crippen LogP contribution in [0.15, 0.2) is 24.7 Å². The molecule has 0 aliphatic rings. The fourth-order valence-corrected chi connectivity index (χ4v) is 3.23. The molecule has 164 valence electrons. The molecule has 8 nitrogen and oxygen atoms in total. The number of hydrogen-bond donors (Lipinski definition) is 0. The summed E-state index contributed by atoms with van der Waals surface area (Å²) in [6, 6.07) is 3.16. The number of halogens is 4. The van der Waals surface area contributed by atoms with E-state index in [4.69, 9.17) is 4.74 Å². The highest BCUT2D eigenvalue weighted by Gasteiger charge is 2.35. The molecule has 32 heavy (non-hydrogen) atoms. The van der Waals surface area contributed by atoms with Crippen molar-refractivity contribution in [1.82, 2.24) is 29.1 Å². The van der Waals surface area contributed by atoms with E-state index in [1.807, 2.05) is 0 Å². The van der Waals surface area contributed by atoms with Crippen molar-refractivity contribution < 1.29 is 22.3 Å². The third kappa shape index (κ3) is 3.73. The highest BCUT2D eigenvalue weighted by molar-refractivity contribution is 5.88. The second-order valence-electron chi connectivity index (χ2n) is 7.06. The highest BCUT2D eigenvalue weighted by atomic mass is 19.4. The van der Waals surface area contributed by atoms with Crippen LogP contribution in [0.2, 0.25) is 0 Å². The Bertz CT molecular complexity index is 1380. The largest absolute Gasteiger partial charge is 0.472 e. The first-order valence-electron chi connectivity index (χ1n) is 9.20. The van der Waals surface area contributed by atoms with E-state index < -0.39 is 17.7 Å². The molecule has 0 radical (unpaired) electrons. The number of imidazole rings is 1. The van der Waals surface area contributed by atoms with E-state index in [1.54, 1.807) is 24.7 Å². The molecule has 4 heterocycles. The Hall–Kier alpha value is -4.01. The highest BCUT2D eigenvalue weighted by Crippen LogP contribution is 2.31. The van der Waals surface area contributed by atoms with Crippen molar-refractivity contribution in [3.63, 3.8) is 0 Å². The number of hydrogen-bond acceptors (Lipinski definition) is 6. The smallest absolute Gasteiger partial charge is 0.434 e. The van der Waals surface area contributed by atoms with Crippen molar-refractivity contribution in [2.75, 3.05) is 0 Å². The molecule has 4 aromatic heterocycles. The summed E-state index contributed by atoms with van der Waals surface area (Å²) >= 11 is 0. The Morgan fingerprint density at radius 2 is 1.88 bits per heavy atom. The van der Waals surface area contributed by atoms with Crippen molar-refractivity contribution >= 4 is 11.0 Å². The van der Waals surface area contributed by atoms with Gasteiger partial charge in [-0.25, -0.2) is 19.3 Å². The van der Waals surface area contributed by atoms with Crippen LogP contribution in [0.5, 0.6) is 5.88 Å². The fraction of sp³-hybridized carbons (Fsp3) is 0.250. The number of ether oxygens (including phenoxy) is 1. The number of nitrogens with zero attached hydrogens (tertiary/aromatic N) is 7. The number of rotatable bonds is 4. The second-order valence-corrected chi connectivity index (χ2v) is 7.06. The van der Waals surface area contributed by atoms with E-state index in [1.165, 1.54) is 13.2 Å². The lowest BCUT2D eigenvalue weighted by molar-refractivity contribution is -0.140. The molecular formula is C20H15F4N7O. The van der Waals surface area contributed by atoms with Crippen LogP contribution in [0.25, 0.3) is 22.6 Å². The lowest BCUT2D eigenvalue weighted by Gasteiger charge is -2.09. The van der Waals surface area contributed by atoms with E-state index >= 15 is 0 Å². The third-order valence-corrected chi connectivity index (χ3v) is 4.67. The van der Waals surface area contributed by atoms with E-state index in [0.29, 0.717) is 28.0 Å². The zero-order chi connectivity index (χ0) is 23.2. The van der Waals surface area contributed by atoms with Gasteiger partial charge < -0.3 is 13.9 Å². The summed E-state index contributed by atoms with van der Waals surface area (Å²) in [4.78, 5) is 15.9. The third-order valence-electron chi connectivity index (χ3n) is 4.67. The average Bonchev–Trinajstić information content (AvgIpc) is 3.26. The number of alkyl halides is 3. The van der Waals surface area contributed by atoms with E-state index in [2.05, 4.69) is 26.0 Å². The molecule has 0 saturated carbocycles. The first-order chi connectivity index (χ1) is 15.1. The lowest BCUT2D eigenvalue weighted by Crippen LogP contribution is -2.05. The van der Waals surface area contributed by atoms with Gasteiger partial charge in [-0.15, -0.1) is 0 Å². The van der Waals surface area contributed by atoms with Crippen molar-refractivity contribution in [2.45, 2.75) is 19.7 Å². The van der Waals surface area contributed by atoms with Crippen LogP contribution in [0.3, 0.4) is 0 Å².